The van der Waals surface area contributed by atoms with Crippen molar-refractivity contribution in [2.75, 3.05) is 32.2 Å². The lowest BCUT2D eigenvalue weighted by Gasteiger charge is -2.26. The number of nitrogens with two attached hydrogens (primary N) is 1. The Balaban J connectivity index is 0.000000149. The van der Waals surface area contributed by atoms with Gasteiger partial charge in [-0.1, -0.05) is 60.7 Å². The molecule has 2 saturated heterocycles. The minimum Gasteiger partial charge on any atom is -0.436 e. The molecule has 9 heteroatoms. The van der Waals surface area contributed by atoms with Crippen molar-refractivity contribution in [3.63, 3.8) is 0 Å². The second kappa shape index (κ2) is 15.3. The normalized spacial score (nSPS) is 15.5. The van der Waals surface area contributed by atoms with Crippen LogP contribution in [0.15, 0.2) is 124 Å². The summed E-state index contributed by atoms with van der Waals surface area (Å²) in [7, 11) is 0. The van der Waals surface area contributed by atoms with Crippen molar-refractivity contribution in [2.24, 2.45) is 5.92 Å². The molecule has 0 atom stereocenters. The molecular weight excluding hydrogens is 675 g/mol. The molecule has 2 fully saturated rings. The minimum atomic E-state index is 0.410. The van der Waals surface area contributed by atoms with E-state index in [1.807, 2.05) is 54.6 Å². The molecule has 0 spiro atoms. The van der Waals surface area contributed by atoms with E-state index in [-0.39, 0.29) is 0 Å². The number of hydrogen-bond acceptors (Lipinski definition) is 8. The highest BCUT2D eigenvalue weighted by atomic mass is 16.5. The first-order chi connectivity index (χ1) is 26.6. The molecule has 5 heterocycles. The summed E-state index contributed by atoms with van der Waals surface area (Å²) in [5.41, 5.74) is 16.9. The zero-order valence-electron chi connectivity index (χ0n) is 30.2. The van der Waals surface area contributed by atoms with Crippen LogP contribution in [-0.2, 0) is 22.3 Å². The van der Waals surface area contributed by atoms with Gasteiger partial charge in [0, 0.05) is 55.7 Å². The zero-order chi connectivity index (χ0) is 36.3. The number of imidazole rings is 1. The van der Waals surface area contributed by atoms with E-state index in [0.717, 1.165) is 121 Å². The molecule has 0 saturated carbocycles. The van der Waals surface area contributed by atoms with Gasteiger partial charge in [0.25, 0.3) is 0 Å². The first-order valence-electron chi connectivity index (χ1n) is 19.0. The average Bonchev–Trinajstić information content (AvgIpc) is 3.95. The van der Waals surface area contributed by atoms with Crippen LogP contribution >= 0.6 is 0 Å². The Bertz CT molecular complexity index is 2440. The summed E-state index contributed by atoms with van der Waals surface area (Å²) in [6, 6.07) is 39.1. The summed E-state index contributed by atoms with van der Waals surface area (Å²) in [5, 5.41) is 0. The van der Waals surface area contributed by atoms with E-state index in [0.29, 0.717) is 23.7 Å². The Hall–Kier alpha value is -5.77. The lowest BCUT2D eigenvalue weighted by Crippen LogP contribution is -2.21. The molecule has 5 aromatic carbocycles. The van der Waals surface area contributed by atoms with Crippen molar-refractivity contribution in [2.45, 2.75) is 44.6 Å². The number of hydrogen-bond donors (Lipinski definition) is 1. The third-order valence-corrected chi connectivity index (χ3v) is 10.6. The van der Waals surface area contributed by atoms with Gasteiger partial charge < -0.3 is 28.6 Å². The topological polar surface area (TPSA) is 114 Å². The molecule has 10 rings (SSSR count). The van der Waals surface area contributed by atoms with Crippen LogP contribution in [0.5, 0.6) is 0 Å². The fourth-order valence-electron chi connectivity index (χ4n) is 7.70. The predicted octanol–water partition coefficient (Wildman–Crippen LogP) is 9.83. The lowest BCUT2D eigenvalue weighted by molar-refractivity contribution is 0.0666. The van der Waals surface area contributed by atoms with E-state index >= 15 is 0 Å². The predicted molar refractivity (Wildman–Crippen MR) is 212 cm³/mol. The van der Waals surface area contributed by atoms with Gasteiger partial charge in [-0.3, -0.25) is 0 Å². The number of fused-ring (bicyclic) bond motifs is 3. The van der Waals surface area contributed by atoms with Crippen LogP contribution in [0.3, 0.4) is 0 Å². The van der Waals surface area contributed by atoms with Gasteiger partial charge in [-0.05, 0) is 104 Å². The van der Waals surface area contributed by atoms with Crippen molar-refractivity contribution < 1.29 is 18.3 Å². The number of anilines is 1. The van der Waals surface area contributed by atoms with Gasteiger partial charge in [0.15, 0.2) is 11.2 Å². The Labute approximate surface area is 313 Å². The third-order valence-electron chi connectivity index (χ3n) is 10.6. The molecule has 0 amide bonds. The maximum absolute atomic E-state index is 6.27. The van der Waals surface area contributed by atoms with Gasteiger partial charge in [-0.2, -0.15) is 0 Å². The second-order valence-electron chi connectivity index (χ2n) is 14.3. The standard InChI is InChI=1S/C26H23N3O2.C19H20N2O2/c1-2-6-18(7-3-1)16-25-27-22-17-19(26-28-21-8-4-5-9-24(21)31-26)10-11-23(22)29(25)20-12-14-30-15-13-20;20-16-12-15(19-21-17-3-1-2-4-18(17)23-19)6-5-14(16)11-13-7-9-22-10-8-13/h1-11,17,20H,12-16H2;1-6,12-13H,7-11,20H2. The number of nitrogens with zero attached hydrogens (tertiary/aromatic N) is 4. The van der Waals surface area contributed by atoms with E-state index in [1.54, 1.807) is 0 Å². The van der Waals surface area contributed by atoms with Crippen molar-refractivity contribution in [1.29, 1.82) is 0 Å². The largest absolute Gasteiger partial charge is 0.436 e. The maximum atomic E-state index is 6.27. The zero-order valence-corrected chi connectivity index (χ0v) is 30.2. The number of oxazole rings is 2. The highest BCUT2D eigenvalue weighted by molar-refractivity contribution is 5.83. The molecule has 8 aromatic rings. The van der Waals surface area contributed by atoms with Crippen LogP contribution in [0.25, 0.3) is 56.1 Å². The van der Waals surface area contributed by atoms with Crippen molar-refractivity contribution >= 4 is 38.9 Å². The molecule has 0 radical (unpaired) electrons. The van der Waals surface area contributed by atoms with E-state index < -0.39 is 0 Å². The SMILES string of the molecule is Nc1cc(-c2nc3ccccc3o2)ccc1CC1CCOCC1.c1ccc(Cc2nc3cc(-c4nc5ccccc5o4)ccc3n2C2CCOCC2)cc1. The fraction of sp³-hybridized carbons (Fsp3) is 0.267. The lowest BCUT2D eigenvalue weighted by atomic mass is 9.91. The van der Waals surface area contributed by atoms with Gasteiger partial charge in [0.2, 0.25) is 11.8 Å². The quantitative estimate of drug-likeness (QED) is 0.162. The van der Waals surface area contributed by atoms with E-state index in [2.05, 4.69) is 75.2 Å². The molecule has 2 N–H and O–H groups in total. The first kappa shape index (κ1) is 34.0. The van der Waals surface area contributed by atoms with Crippen molar-refractivity contribution in [3.05, 3.63) is 132 Å². The molecular formula is C45H43N5O4. The van der Waals surface area contributed by atoms with E-state index in [1.165, 1.54) is 11.1 Å². The fourth-order valence-corrected chi connectivity index (χ4v) is 7.70. The van der Waals surface area contributed by atoms with Crippen LogP contribution < -0.4 is 5.73 Å². The summed E-state index contributed by atoms with van der Waals surface area (Å²) in [4.78, 5) is 14.3. The number of ether oxygens (including phenoxy) is 2. The number of rotatable bonds is 7. The highest BCUT2D eigenvalue weighted by Crippen LogP contribution is 2.33. The molecule has 0 aliphatic carbocycles. The van der Waals surface area contributed by atoms with Crippen molar-refractivity contribution in [1.82, 2.24) is 19.5 Å². The number of para-hydroxylation sites is 4. The Morgan fingerprint density at radius 2 is 1.19 bits per heavy atom. The summed E-state index contributed by atoms with van der Waals surface area (Å²) in [5.74, 6) is 3.02. The minimum absolute atomic E-state index is 0.410. The molecule has 3 aromatic heterocycles. The highest BCUT2D eigenvalue weighted by Gasteiger charge is 2.23. The van der Waals surface area contributed by atoms with Gasteiger partial charge in [-0.25, -0.2) is 15.0 Å². The third kappa shape index (κ3) is 7.25. The van der Waals surface area contributed by atoms with E-state index in [9.17, 15) is 0 Å². The molecule has 272 valence electrons. The van der Waals surface area contributed by atoms with Gasteiger partial charge >= 0.3 is 0 Å². The maximum Gasteiger partial charge on any atom is 0.227 e. The molecule has 2 aliphatic rings. The average molecular weight is 718 g/mol. The van der Waals surface area contributed by atoms with Gasteiger partial charge in [0.1, 0.15) is 16.9 Å². The Kier molecular flexibility index (Phi) is 9.64. The summed E-state index contributed by atoms with van der Waals surface area (Å²) < 4.78 is 25.3. The molecule has 2 aliphatic heterocycles. The van der Waals surface area contributed by atoms with E-state index in [4.69, 9.17) is 29.0 Å². The summed E-state index contributed by atoms with van der Waals surface area (Å²) >= 11 is 0. The van der Waals surface area contributed by atoms with Crippen LogP contribution in [0, 0.1) is 5.92 Å². The van der Waals surface area contributed by atoms with Gasteiger partial charge in [0.05, 0.1) is 11.0 Å². The van der Waals surface area contributed by atoms with Crippen LogP contribution in [0.1, 0.15) is 48.7 Å². The molecule has 0 bridgehead atoms. The van der Waals surface area contributed by atoms with Crippen LogP contribution in [0.4, 0.5) is 5.69 Å². The number of aromatic nitrogens is 4. The smallest absolute Gasteiger partial charge is 0.227 e. The monoisotopic (exact) mass is 717 g/mol. The summed E-state index contributed by atoms with van der Waals surface area (Å²) in [6.45, 7) is 3.34. The Morgan fingerprint density at radius 3 is 1.83 bits per heavy atom. The number of benzene rings is 5. The molecule has 54 heavy (non-hydrogen) atoms. The first-order valence-corrected chi connectivity index (χ1v) is 19.0. The van der Waals surface area contributed by atoms with Gasteiger partial charge in [-0.15, -0.1) is 0 Å². The molecule has 0 unspecified atom stereocenters. The molecule has 9 nitrogen and oxygen atoms in total. The Morgan fingerprint density at radius 1 is 0.593 bits per heavy atom. The summed E-state index contributed by atoms with van der Waals surface area (Å²) in [6.07, 6.45) is 6.09. The van der Waals surface area contributed by atoms with Crippen LogP contribution in [-0.4, -0.2) is 45.9 Å². The second-order valence-corrected chi connectivity index (χ2v) is 14.3. The van der Waals surface area contributed by atoms with Crippen molar-refractivity contribution in [3.8, 4) is 22.9 Å². The van der Waals surface area contributed by atoms with Crippen LogP contribution in [0.2, 0.25) is 0 Å². The number of nitrogen functional groups attached to an aromatic ring is 1.